The first-order chi connectivity index (χ1) is 7.74. The molecule has 0 fully saturated rings. The molecule has 1 aromatic rings. The Morgan fingerprint density at radius 1 is 1.50 bits per heavy atom. The van der Waals surface area contributed by atoms with Crippen LogP contribution in [0.2, 0.25) is 0 Å². The van der Waals surface area contributed by atoms with Gasteiger partial charge in [0.2, 0.25) is 0 Å². The Morgan fingerprint density at radius 3 is 2.81 bits per heavy atom. The van der Waals surface area contributed by atoms with Crippen molar-refractivity contribution in [3.05, 3.63) is 42.2 Å². The second kappa shape index (κ2) is 6.28. The molecule has 2 nitrogen and oxygen atoms in total. The topological polar surface area (TPSA) is 23.5 Å². The van der Waals surface area contributed by atoms with Crippen LogP contribution in [0.1, 0.15) is 18.9 Å². The quantitative estimate of drug-likeness (QED) is 0.749. The zero-order valence-electron chi connectivity index (χ0n) is 9.62. The monoisotopic (exact) mass is 223 g/mol. The predicted molar refractivity (Wildman–Crippen MR) is 65.0 cm³/mol. The SMILES string of the molecule is C=CCN(CCC)c1c(F)cccc1CO. The highest BCUT2D eigenvalue weighted by Crippen LogP contribution is 2.24. The Morgan fingerprint density at radius 2 is 2.25 bits per heavy atom. The van der Waals surface area contributed by atoms with Crippen molar-refractivity contribution in [1.29, 1.82) is 0 Å². The molecule has 0 heterocycles. The summed E-state index contributed by atoms with van der Waals surface area (Å²) in [6.07, 6.45) is 2.66. The summed E-state index contributed by atoms with van der Waals surface area (Å²) in [7, 11) is 0. The molecule has 0 aliphatic rings. The van der Waals surface area contributed by atoms with E-state index in [9.17, 15) is 9.50 Å². The average Bonchev–Trinajstić information content (AvgIpc) is 2.28. The molecule has 16 heavy (non-hydrogen) atoms. The van der Waals surface area contributed by atoms with E-state index in [0.29, 0.717) is 17.8 Å². The van der Waals surface area contributed by atoms with Crippen molar-refractivity contribution >= 4 is 5.69 Å². The normalized spacial score (nSPS) is 10.2. The lowest BCUT2D eigenvalue weighted by molar-refractivity contribution is 0.281. The highest BCUT2D eigenvalue weighted by atomic mass is 19.1. The van der Waals surface area contributed by atoms with Gasteiger partial charge in [-0.15, -0.1) is 6.58 Å². The minimum absolute atomic E-state index is 0.148. The molecule has 0 bridgehead atoms. The van der Waals surface area contributed by atoms with E-state index in [1.165, 1.54) is 6.07 Å². The fourth-order valence-corrected chi connectivity index (χ4v) is 1.76. The van der Waals surface area contributed by atoms with Gasteiger partial charge in [-0.05, 0) is 12.5 Å². The van der Waals surface area contributed by atoms with Gasteiger partial charge in [-0.1, -0.05) is 25.1 Å². The summed E-state index contributed by atoms with van der Waals surface area (Å²) in [4.78, 5) is 1.90. The highest BCUT2D eigenvalue weighted by Gasteiger charge is 2.13. The van der Waals surface area contributed by atoms with E-state index in [1.54, 1.807) is 18.2 Å². The molecule has 0 radical (unpaired) electrons. The van der Waals surface area contributed by atoms with Crippen LogP contribution in [0.3, 0.4) is 0 Å². The van der Waals surface area contributed by atoms with Crippen molar-refractivity contribution in [2.75, 3.05) is 18.0 Å². The van der Waals surface area contributed by atoms with E-state index >= 15 is 0 Å². The fourth-order valence-electron chi connectivity index (χ4n) is 1.76. The summed E-state index contributed by atoms with van der Waals surface area (Å²) in [5.41, 5.74) is 1.11. The number of hydrogen-bond acceptors (Lipinski definition) is 2. The number of aliphatic hydroxyl groups is 1. The number of aliphatic hydroxyl groups excluding tert-OH is 1. The molecule has 1 N–H and O–H groups in total. The lowest BCUT2D eigenvalue weighted by Gasteiger charge is -2.25. The molecule has 1 aromatic carbocycles. The number of rotatable bonds is 6. The van der Waals surface area contributed by atoms with Gasteiger partial charge in [-0.3, -0.25) is 0 Å². The first-order valence-corrected chi connectivity index (χ1v) is 5.48. The lowest BCUT2D eigenvalue weighted by atomic mass is 10.1. The maximum absolute atomic E-state index is 13.7. The zero-order valence-corrected chi connectivity index (χ0v) is 9.62. The van der Waals surface area contributed by atoms with Crippen LogP contribution in [0.5, 0.6) is 0 Å². The van der Waals surface area contributed by atoms with Crippen molar-refractivity contribution in [2.45, 2.75) is 20.0 Å². The third-order valence-corrected chi connectivity index (χ3v) is 2.40. The molecule has 0 aliphatic heterocycles. The minimum atomic E-state index is -0.290. The van der Waals surface area contributed by atoms with Crippen molar-refractivity contribution in [3.8, 4) is 0 Å². The van der Waals surface area contributed by atoms with Crippen LogP contribution in [0.15, 0.2) is 30.9 Å². The Bertz CT molecular complexity index is 352. The van der Waals surface area contributed by atoms with Crippen molar-refractivity contribution in [2.24, 2.45) is 0 Å². The molecule has 3 heteroatoms. The highest BCUT2D eigenvalue weighted by molar-refractivity contribution is 5.55. The third kappa shape index (κ3) is 2.83. The van der Waals surface area contributed by atoms with Gasteiger partial charge in [0.1, 0.15) is 5.82 Å². The molecule has 0 unspecified atom stereocenters. The molecule has 0 amide bonds. The molecular weight excluding hydrogens is 205 g/mol. The maximum atomic E-state index is 13.7. The minimum Gasteiger partial charge on any atom is -0.392 e. The Balaban J connectivity index is 3.09. The molecule has 0 aromatic heterocycles. The number of para-hydroxylation sites is 1. The van der Waals surface area contributed by atoms with Crippen LogP contribution in [0, 0.1) is 5.82 Å². The molecule has 1 rings (SSSR count). The average molecular weight is 223 g/mol. The molecule has 0 spiro atoms. The largest absolute Gasteiger partial charge is 0.392 e. The molecule has 0 saturated heterocycles. The van der Waals surface area contributed by atoms with Crippen LogP contribution in [-0.2, 0) is 6.61 Å². The molecule has 88 valence electrons. The van der Waals surface area contributed by atoms with E-state index in [-0.39, 0.29) is 12.4 Å². The van der Waals surface area contributed by atoms with E-state index in [2.05, 4.69) is 6.58 Å². The Labute approximate surface area is 96.0 Å². The van der Waals surface area contributed by atoms with Gasteiger partial charge in [-0.2, -0.15) is 0 Å². The Hall–Kier alpha value is -1.35. The number of anilines is 1. The second-order valence-electron chi connectivity index (χ2n) is 3.64. The van der Waals surface area contributed by atoms with Crippen LogP contribution >= 0.6 is 0 Å². The Kier molecular flexibility index (Phi) is 4.99. The lowest BCUT2D eigenvalue weighted by Crippen LogP contribution is -2.26. The van der Waals surface area contributed by atoms with E-state index in [4.69, 9.17) is 0 Å². The van der Waals surface area contributed by atoms with E-state index in [1.807, 2.05) is 11.8 Å². The van der Waals surface area contributed by atoms with E-state index in [0.717, 1.165) is 13.0 Å². The van der Waals surface area contributed by atoms with Crippen molar-refractivity contribution < 1.29 is 9.50 Å². The summed E-state index contributed by atoms with van der Waals surface area (Å²) in [5.74, 6) is -0.290. The number of benzene rings is 1. The second-order valence-corrected chi connectivity index (χ2v) is 3.64. The van der Waals surface area contributed by atoms with Gasteiger partial charge < -0.3 is 10.0 Å². The van der Waals surface area contributed by atoms with Crippen LogP contribution in [0.4, 0.5) is 10.1 Å². The fraction of sp³-hybridized carbons (Fsp3) is 0.385. The van der Waals surface area contributed by atoms with Crippen molar-refractivity contribution in [3.63, 3.8) is 0 Å². The standard InChI is InChI=1S/C13H18FNO/c1-3-8-15(9-4-2)13-11(10-16)6-5-7-12(13)14/h3,5-7,16H,1,4,8-10H2,2H3. The first-order valence-electron chi connectivity index (χ1n) is 5.48. The van der Waals surface area contributed by atoms with Crippen LogP contribution in [0.25, 0.3) is 0 Å². The third-order valence-electron chi connectivity index (χ3n) is 2.40. The zero-order chi connectivity index (χ0) is 12.0. The molecule has 0 saturated carbocycles. The van der Waals surface area contributed by atoms with E-state index < -0.39 is 0 Å². The maximum Gasteiger partial charge on any atom is 0.146 e. The molecular formula is C13H18FNO. The van der Waals surface area contributed by atoms with Gasteiger partial charge in [0.25, 0.3) is 0 Å². The molecule has 0 aliphatic carbocycles. The van der Waals surface area contributed by atoms with Gasteiger partial charge in [0, 0.05) is 18.7 Å². The number of halogens is 1. The number of hydrogen-bond donors (Lipinski definition) is 1. The van der Waals surface area contributed by atoms with Crippen LogP contribution < -0.4 is 4.90 Å². The smallest absolute Gasteiger partial charge is 0.146 e. The summed E-state index contributed by atoms with van der Waals surface area (Å²) < 4.78 is 13.7. The predicted octanol–water partition coefficient (Wildman–Crippen LogP) is 2.72. The van der Waals surface area contributed by atoms with Gasteiger partial charge in [0.15, 0.2) is 0 Å². The summed E-state index contributed by atoms with van der Waals surface area (Å²) in [6, 6.07) is 4.77. The van der Waals surface area contributed by atoms with Gasteiger partial charge in [0.05, 0.1) is 12.3 Å². The molecule has 0 atom stereocenters. The van der Waals surface area contributed by atoms with Crippen LogP contribution in [-0.4, -0.2) is 18.2 Å². The van der Waals surface area contributed by atoms with Gasteiger partial charge >= 0.3 is 0 Å². The number of nitrogens with zero attached hydrogens (tertiary/aromatic N) is 1. The van der Waals surface area contributed by atoms with Gasteiger partial charge in [-0.25, -0.2) is 4.39 Å². The van der Waals surface area contributed by atoms with Crippen molar-refractivity contribution in [1.82, 2.24) is 0 Å². The summed E-state index contributed by atoms with van der Waals surface area (Å²) >= 11 is 0. The first kappa shape index (κ1) is 12.7. The summed E-state index contributed by atoms with van der Waals surface area (Å²) in [5, 5.41) is 9.21. The summed E-state index contributed by atoms with van der Waals surface area (Å²) in [6.45, 7) is 6.89.